The fourth-order valence-corrected chi connectivity index (χ4v) is 3.63. The molecule has 0 bridgehead atoms. The molecule has 1 aliphatic rings. The van der Waals surface area contributed by atoms with Crippen LogP contribution in [0.2, 0.25) is 0 Å². The Morgan fingerprint density at radius 1 is 1.24 bits per heavy atom. The van der Waals surface area contributed by atoms with E-state index in [2.05, 4.69) is 48.2 Å². The van der Waals surface area contributed by atoms with Gasteiger partial charge >= 0.3 is 0 Å². The van der Waals surface area contributed by atoms with E-state index in [0.717, 1.165) is 17.6 Å². The standard InChI is InChI=1S/C17H26N4/c1-12(2)20-10-6-7-14(20)11-16-19-15-8-5-9-18-17(15)21(16)13(3)4/h5,8-9,12-14H,6-7,10-11H2,1-4H3. The van der Waals surface area contributed by atoms with E-state index in [9.17, 15) is 0 Å². The van der Waals surface area contributed by atoms with Gasteiger partial charge in [-0.15, -0.1) is 0 Å². The van der Waals surface area contributed by atoms with Crippen molar-refractivity contribution in [3.63, 3.8) is 0 Å². The van der Waals surface area contributed by atoms with E-state index < -0.39 is 0 Å². The Kier molecular flexibility index (Phi) is 3.98. The van der Waals surface area contributed by atoms with Crippen LogP contribution in [-0.2, 0) is 6.42 Å². The van der Waals surface area contributed by atoms with Crippen LogP contribution in [0.5, 0.6) is 0 Å². The highest BCUT2D eigenvalue weighted by molar-refractivity contribution is 5.71. The molecule has 1 fully saturated rings. The Hall–Kier alpha value is -1.42. The molecular weight excluding hydrogens is 260 g/mol. The molecule has 2 aromatic rings. The van der Waals surface area contributed by atoms with Crippen molar-refractivity contribution in [2.75, 3.05) is 6.54 Å². The Morgan fingerprint density at radius 3 is 2.76 bits per heavy atom. The third-order valence-electron chi connectivity index (χ3n) is 4.54. The van der Waals surface area contributed by atoms with Gasteiger partial charge in [0.15, 0.2) is 5.65 Å². The second kappa shape index (κ2) is 5.76. The number of fused-ring (bicyclic) bond motifs is 1. The first kappa shape index (κ1) is 14.5. The summed E-state index contributed by atoms with van der Waals surface area (Å²) in [7, 11) is 0. The van der Waals surface area contributed by atoms with E-state index in [1.807, 2.05) is 12.3 Å². The Bertz CT molecular complexity index is 614. The van der Waals surface area contributed by atoms with Crippen LogP contribution < -0.4 is 0 Å². The van der Waals surface area contributed by atoms with Gasteiger partial charge in [-0.1, -0.05) is 0 Å². The lowest BCUT2D eigenvalue weighted by atomic mass is 10.1. The summed E-state index contributed by atoms with van der Waals surface area (Å²) in [5.41, 5.74) is 2.05. The van der Waals surface area contributed by atoms with Gasteiger partial charge in [0.05, 0.1) is 0 Å². The topological polar surface area (TPSA) is 34.0 Å². The zero-order valence-electron chi connectivity index (χ0n) is 13.6. The van der Waals surface area contributed by atoms with Gasteiger partial charge in [0.25, 0.3) is 0 Å². The fraction of sp³-hybridized carbons (Fsp3) is 0.647. The van der Waals surface area contributed by atoms with Crippen LogP contribution in [-0.4, -0.2) is 38.1 Å². The summed E-state index contributed by atoms with van der Waals surface area (Å²) in [6, 6.07) is 5.68. The predicted molar refractivity (Wildman–Crippen MR) is 86.5 cm³/mol. The summed E-state index contributed by atoms with van der Waals surface area (Å²) in [6.07, 6.45) is 5.49. The Balaban J connectivity index is 1.95. The SMILES string of the molecule is CC(C)N1CCCC1Cc1nc2cccnc2n1C(C)C. The maximum absolute atomic E-state index is 4.86. The molecule has 1 saturated heterocycles. The lowest BCUT2D eigenvalue weighted by Crippen LogP contribution is -2.37. The summed E-state index contributed by atoms with van der Waals surface area (Å²) >= 11 is 0. The molecule has 0 aliphatic carbocycles. The minimum absolute atomic E-state index is 0.397. The van der Waals surface area contributed by atoms with Crippen molar-refractivity contribution in [3.05, 3.63) is 24.2 Å². The van der Waals surface area contributed by atoms with Crippen molar-refractivity contribution in [3.8, 4) is 0 Å². The molecular formula is C17H26N4. The zero-order valence-corrected chi connectivity index (χ0v) is 13.6. The summed E-state index contributed by atoms with van der Waals surface area (Å²) in [5.74, 6) is 1.19. The summed E-state index contributed by atoms with van der Waals surface area (Å²) in [5, 5.41) is 0. The molecule has 4 nitrogen and oxygen atoms in total. The molecule has 1 unspecified atom stereocenters. The first-order valence-corrected chi connectivity index (χ1v) is 8.15. The van der Waals surface area contributed by atoms with Crippen LogP contribution in [0, 0.1) is 0 Å². The zero-order chi connectivity index (χ0) is 15.0. The van der Waals surface area contributed by atoms with Crippen LogP contribution >= 0.6 is 0 Å². The number of imidazole rings is 1. The lowest BCUT2D eigenvalue weighted by molar-refractivity contribution is 0.199. The first-order chi connectivity index (χ1) is 10.1. The normalized spacial score (nSPS) is 20.2. The number of likely N-dealkylation sites (tertiary alicyclic amines) is 1. The Morgan fingerprint density at radius 2 is 2.05 bits per heavy atom. The van der Waals surface area contributed by atoms with Crippen LogP contribution in [0.3, 0.4) is 0 Å². The van der Waals surface area contributed by atoms with Crippen LogP contribution in [0.25, 0.3) is 11.2 Å². The van der Waals surface area contributed by atoms with Gasteiger partial charge in [0, 0.05) is 30.7 Å². The number of rotatable bonds is 4. The molecule has 4 heteroatoms. The van der Waals surface area contributed by atoms with E-state index in [1.165, 1.54) is 25.2 Å². The number of hydrogen-bond acceptors (Lipinski definition) is 3. The van der Waals surface area contributed by atoms with E-state index in [0.29, 0.717) is 18.1 Å². The average molecular weight is 286 g/mol. The van der Waals surface area contributed by atoms with Gasteiger partial charge in [-0.05, 0) is 59.2 Å². The largest absolute Gasteiger partial charge is 0.310 e. The molecule has 0 spiro atoms. The smallest absolute Gasteiger partial charge is 0.160 e. The lowest BCUT2D eigenvalue weighted by Gasteiger charge is -2.28. The Labute approximate surface area is 127 Å². The van der Waals surface area contributed by atoms with Gasteiger partial charge in [0.1, 0.15) is 11.3 Å². The maximum atomic E-state index is 4.86. The predicted octanol–water partition coefficient (Wildman–Crippen LogP) is 3.43. The van der Waals surface area contributed by atoms with E-state index in [1.54, 1.807) is 0 Å². The van der Waals surface area contributed by atoms with E-state index >= 15 is 0 Å². The number of aromatic nitrogens is 3. The van der Waals surface area contributed by atoms with Crippen molar-refractivity contribution in [1.82, 2.24) is 19.4 Å². The molecule has 3 heterocycles. The van der Waals surface area contributed by atoms with Crippen LogP contribution in [0.15, 0.2) is 18.3 Å². The van der Waals surface area contributed by atoms with Crippen molar-refractivity contribution >= 4 is 11.2 Å². The molecule has 0 N–H and O–H groups in total. The van der Waals surface area contributed by atoms with Gasteiger partial charge in [-0.2, -0.15) is 0 Å². The first-order valence-electron chi connectivity index (χ1n) is 8.15. The quantitative estimate of drug-likeness (QED) is 0.863. The second-order valence-electron chi connectivity index (χ2n) is 6.67. The maximum Gasteiger partial charge on any atom is 0.160 e. The van der Waals surface area contributed by atoms with Crippen LogP contribution in [0.4, 0.5) is 0 Å². The molecule has 0 aromatic carbocycles. The van der Waals surface area contributed by atoms with Gasteiger partial charge in [-0.3, -0.25) is 4.90 Å². The van der Waals surface area contributed by atoms with Crippen molar-refractivity contribution < 1.29 is 0 Å². The molecule has 3 rings (SSSR count). The average Bonchev–Trinajstić information content (AvgIpc) is 3.02. The summed E-state index contributed by atoms with van der Waals surface area (Å²) in [6.45, 7) is 10.3. The molecule has 1 aliphatic heterocycles. The van der Waals surface area contributed by atoms with Gasteiger partial charge in [0.2, 0.25) is 0 Å². The van der Waals surface area contributed by atoms with Crippen LogP contribution in [0.1, 0.15) is 52.4 Å². The minimum Gasteiger partial charge on any atom is -0.310 e. The molecule has 2 aromatic heterocycles. The number of hydrogen-bond donors (Lipinski definition) is 0. The highest BCUT2D eigenvalue weighted by Gasteiger charge is 2.28. The number of pyridine rings is 1. The van der Waals surface area contributed by atoms with Gasteiger partial charge < -0.3 is 4.57 Å². The van der Waals surface area contributed by atoms with Crippen molar-refractivity contribution in [2.45, 2.75) is 65.1 Å². The third kappa shape index (κ3) is 2.69. The molecule has 1 atom stereocenters. The minimum atomic E-state index is 0.397. The van der Waals surface area contributed by atoms with Crippen molar-refractivity contribution in [1.29, 1.82) is 0 Å². The number of nitrogens with zero attached hydrogens (tertiary/aromatic N) is 4. The molecule has 114 valence electrons. The fourth-order valence-electron chi connectivity index (χ4n) is 3.63. The highest BCUT2D eigenvalue weighted by Crippen LogP contribution is 2.26. The molecule has 21 heavy (non-hydrogen) atoms. The molecule has 0 radical (unpaired) electrons. The molecule has 0 saturated carbocycles. The third-order valence-corrected chi connectivity index (χ3v) is 4.54. The summed E-state index contributed by atoms with van der Waals surface area (Å²) in [4.78, 5) is 12.0. The van der Waals surface area contributed by atoms with E-state index in [-0.39, 0.29) is 0 Å². The highest BCUT2D eigenvalue weighted by atomic mass is 15.2. The monoisotopic (exact) mass is 286 g/mol. The second-order valence-corrected chi connectivity index (χ2v) is 6.67. The summed E-state index contributed by atoms with van der Waals surface area (Å²) < 4.78 is 2.31. The molecule has 0 amide bonds. The van der Waals surface area contributed by atoms with Crippen molar-refractivity contribution in [2.24, 2.45) is 0 Å². The van der Waals surface area contributed by atoms with Gasteiger partial charge in [-0.25, -0.2) is 9.97 Å². The van der Waals surface area contributed by atoms with E-state index in [4.69, 9.17) is 4.98 Å².